The minimum atomic E-state index is -0.826. The topological polar surface area (TPSA) is 0 Å². The molecule has 0 spiro atoms. The number of benzene rings is 4. The summed E-state index contributed by atoms with van der Waals surface area (Å²) in [5.74, 6) is 10.0. The standard InChI is InChI=1S/C22H25P.C22H23P.2ClH.Zr/c2*1-3-7-18(8-4-1)23(19-9-5-2-6-10-19)20-14-21-16-11-12-17(13-16)22(21)15-20;;;/h1-10,16-17,20-22H,11-15H2;1-10,16-17,20H,11-15H2;2*1H;/q;;;;+2/p-2. The van der Waals surface area contributed by atoms with Gasteiger partial charge in [-0.25, -0.2) is 0 Å². The van der Waals surface area contributed by atoms with Crippen LogP contribution in [0.2, 0.25) is 0 Å². The van der Waals surface area contributed by atoms with Crippen LogP contribution in [0.3, 0.4) is 0 Å². The Kier molecular flexibility index (Phi) is 11.9. The van der Waals surface area contributed by atoms with Crippen molar-refractivity contribution in [1.29, 1.82) is 0 Å². The Balaban J connectivity index is 0.000000132. The summed E-state index contributed by atoms with van der Waals surface area (Å²) in [5.41, 5.74) is 1.75. The monoisotopic (exact) mass is 798 g/mol. The molecule has 0 N–H and O–H groups in total. The Bertz CT molecular complexity index is 1370. The van der Waals surface area contributed by atoms with Gasteiger partial charge in [0.15, 0.2) is 0 Å². The van der Waals surface area contributed by atoms with Crippen LogP contribution in [0.1, 0.15) is 64.2 Å². The van der Waals surface area contributed by atoms with Crippen molar-refractivity contribution in [2.75, 3.05) is 0 Å². The van der Waals surface area contributed by atoms with Crippen LogP contribution in [0.5, 0.6) is 0 Å². The minimum Gasteiger partial charge on any atom is -0.0622 e. The van der Waals surface area contributed by atoms with Gasteiger partial charge in [-0.05, 0) is 160 Å². The zero-order valence-corrected chi connectivity index (χ0v) is 34.1. The molecule has 0 amide bonds. The summed E-state index contributed by atoms with van der Waals surface area (Å²) in [6, 6.07) is 45.3. The van der Waals surface area contributed by atoms with Crippen molar-refractivity contribution >= 4 is 54.1 Å². The van der Waals surface area contributed by atoms with Gasteiger partial charge in [-0.2, -0.15) is 0 Å². The molecule has 6 aliphatic carbocycles. The second kappa shape index (κ2) is 16.5. The maximum atomic E-state index is 4.93. The number of hydrogen-bond donors (Lipinski definition) is 0. The van der Waals surface area contributed by atoms with E-state index >= 15 is 0 Å². The van der Waals surface area contributed by atoms with Gasteiger partial charge in [-0.1, -0.05) is 121 Å². The van der Waals surface area contributed by atoms with E-state index in [0.717, 1.165) is 46.8 Å². The molecule has 5 heteroatoms. The van der Waals surface area contributed by atoms with Crippen molar-refractivity contribution in [3.8, 4) is 0 Å². The molecule has 4 aromatic rings. The average Bonchev–Trinajstić information content (AvgIpc) is 4.00. The third kappa shape index (κ3) is 7.53. The molecule has 6 atom stereocenters. The van der Waals surface area contributed by atoms with Crippen LogP contribution in [0, 0.1) is 47.3 Å². The van der Waals surface area contributed by atoms with E-state index in [4.69, 9.17) is 17.0 Å². The van der Waals surface area contributed by atoms with E-state index in [-0.39, 0.29) is 15.8 Å². The van der Waals surface area contributed by atoms with Crippen molar-refractivity contribution in [1.82, 2.24) is 0 Å². The molecule has 4 bridgehead atoms. The quantitative estimate of drug-likeness (QED) is 0.170. The van der Waals surface area contributed by atoms with E-state index in [1.54, 1.807) is 27.6 Å². The molecule has 0 heterocycles. The van der Waals surface area contributed by atoms with E-state index in [9.17, 15) is 0 Å². The number of hydrogen-bond acceptors (Lipinski definition) is 0. The Labute approximate surface area is 316 Å². The average molecular weight is 801 g/mol. The van der Waals surface area contributed by atoms with Crippen LogP contribution in [0.4, 0.5) is 0 Å². The van der Waals surface area contributed by atoms with Crippen molar-refractivity contribution in [2.45, 2.75) is 75.5 Å². The van der Waals surface area contributed by atoms with Gasteiger partial charge in [0.1, 0.15) is 0 Å². The van der Waals surface area contributed by atoms with Gasteiger partial charge < -0.3 is 0 Å². The van der Waals surface area contributed by atoms with E-state index in [0.29, 0.717) is 0 Å². The van der Waals surface area contributed by atoms with Crippen LogP contribution >= 0.6 is 32.9 Å². The molecule has 4 aromatic carbocycles. The molecular formula is C44H48Cl2P2Zr. The summed E-state index contributed by atoms with van der Waals surface area (Å²) < 4.78 is 0. The molecule has 0 aromatic heterocycles. The number of rotatable bonds is 6. The van der Waals surface area contributed by atoms with E-state index < -0.39 is 20.8 Å². The smallest absolute Gasteiger partial charge is 0.0117 e. The third-order valence-electron chi connectivity index (χ3n) is 13.0. The predicted octanol–water partition coefficient (Wildman–Crippen LogP) is 11.2. The van der Waals surface area contributed by atoms with Crippen molar-refractivity contribution < 1.29 is 20.8 Å². The van der Waals surface area contributed by atoms with Crippen LogP contribution in [0.15, 0.2) is 121 Å². The Hall–Kier alpha value is -0.797. The first kappa shape index (κ1) is 35.2. The normalized spacial score (nSPS) is 30.9. The summed E-state index contributed by atoms with van der Waals surface area (Å²) >= 11 is -0.826. The Morgan fingerprint density at radius 2 is 0.776 bits per heavy atom. The summed E-state index contributed by atoms with van der Waals surface area (Å²) in [7, 11) is 9.45. The first-order valence-corrected chi connectivity index (χ1v) is 27.8. The molecule has 6 fully saturated rings. The van der Waals surface area contributed by atoms with E-state index in [1.807, 2.05) is 11.8 Å². The molecule has 10 rings (SSSR count). The SMILES string of the molecule is [Cl][Zr][Cl].c1ccc(P(c2ccccc2)C2CC3C4CCC(C4)C3C2)cc1.c1ccc(P(c2ccccc2)C2C[C]3[C](C2)C2CCC3C2)cc1. The molecule has 6 unspecified atom stereocenters. The van der Waals surface area contributed by atoms with Crippen LogP contribution in [0.25, 0.3) is 0 Å². The van der Waals surface area contributed by atoms with E-state index in [1.165, 1.54) is 57.8 Å². The molecule has 0 saturated heterocycles. The van der Waals surface area contributed by atoms with Gasteiger partial charge in [0.2, 0.25) is 0 Å². The largest absolute Gasteiger partial charge is 0.0622 e. The fourth-order valence-electron chi connectivity index (χ4n) is 11.2. The van der Waals surface area contributed by atoms with Crippen LogP contribution < -0.4 is 21.2 Å². The maximum Gasteiger partial charge on any atom is -0.0117 e. The van der Waals surface area contributed by atoms with Gasteiger partial charge in [0, 0.05) is 0 Å². The number of fused-ring (bicyclic) bond motifs is 10. The summed E-state index contributed by atoms with van der Waals surface area (Å²) in [6.45, 7) is 0. The molecule has 0 nitrogen and oxygen atoms in total. The second-order valence-corrected chi connectivity index (χ2v) is 24.0. The Morgan fingerprint density at radius 1 is 0.429 bits per heavy atom. The molecule has 6 saturated carbocycles. The fraction of sp³-hybridized carbons (Fsp3) is 0.409. The van der Waals surface area contributed by atoms with Crippen molar-refractivity contribution in [2.24, 2.45) is 35.5 Å². The van der Waals surface area contributed by atoms with Crippen molar-refractivity contribution in [3.05, 3.63) is 133 Å². The fourth-order valence-corrected chi connectivity index (χ4v) is 17.1. The molecule has 252 valence electrons. The zero-order chi connectivity index (χ0) is 33.2. The van der Waals surface area contributed by atoms with Gasteiger partial charge in [0.05, 0.1) is 0 Å². The molecule has 6 aliphatic rings. The molecule has 2 radical (unpaired) electrons. The molecular weight excluding hydrogens is 753 g/mol. The summed E-state index contributed by atoms with van der Waals surface area (Å²) in [6.07, 6.45) is 14.8. The maximum absolute atomic E-state index is 4.93. The van der Waals surface area contributed by atoms with Gasteiger partial charge in [0.25, 0.3) is 0 Å². The summed E-state index contributed by atoms with van der Waals surface area (Å²) in [4.78, 5) is 0. The van der Waals surface area contributed by atoms with Crippen molar-refractivity contribution in [3.63, 3.8) is 0 Å². The van der Waals surface area contributed by atoms with Gasteiger partial charge in [-0.3, -0.25) is 0 Å². The first-order valence-electron chi connectivity index (χ1n) is 18.7. The summed E-state index contributed by atoms with van der Waals surface area (Å²) in [5, 5.41) is 6.30. The van der Waals surface area contributed by atoms with Gasteiger partial charge >= 0.3 is 37.9 Å². The Morgan fingerprint density at radius 3 is 1.14 bits per heavy atom. The minimum absolute atomic E-state index is 0.187. The second-order valence-electron chi connectivity index (χ2n) is 15.3. The third-order valence-corrected chi connectivity index (χ3v) is 18.6. The van der Waals surface area contributed by atoms with Crippen LogP contribution in [-0.2, 0) is 20.8 Å². The molecule has 49 heavy (non-hydrogen) atoms. The zero-order valence-electron chi connectivity index (χ0n) is 28.4. The first-order chi connectivity index (χ1) is 24.2. The number of halogens is 2. The molecule has 0 aliphatic heterocycles. The van der Waals surface area contributed by atoms with E-state index in [2.05, 4.69) is 121 Å². The van der Waals surface area contributed by atoms with Crippen LogP contribution in [-0.4, -0.2) is 11.3 Å². The predicted molar refractivity (Wildman–Crippen MR) is 211 cm³/mol. The van der Waals surface area contributed by atoms with Gasteiger partial charge in [-0.15, -0.1) is 0 Å².